The van der Waals surface area contributed by atoms with E-state index in [4.69, 9.17) is 10.5 Å². The van der Waals surface area contributed by atoms with Crippen LogP contribution >= 0.6 is 0 Å². The van der Waals surface area contributed by atoms with Gasteiger partial charge in [0.15, 0.2) is 0 Å². The van der Waals surface area contributed by atoms with Crippen LogP contribution in [0.3, 0.4) is 0 Å². The van der Waals surface area contributed by atoms with Crippen LogP contribution in [0, 0.1) is 5.92 Å². The Morgan fingerprint density at radius 1 is 1.27 bits per heavy atom. The molecule has 0 aromatic rings. The Hall–Kier alpha value is -0.290. The molecule has 0 aromatic heterocycles. The van der Waals surface area contributed by atoms with Gasteiger partial charge < -0.3 is 10.5 Å². The molecule has 2 nitrogen and oxygen atoms in total. The molecule has 2 unspecified atom stereocenters. The number of halogens is 3. The van der Waals surface area contributed by atoms with Gasteiger partial charge in [0.05, 0.1) is 11.2 Å². The molecule has 0 aromatic carbocycles. The zero-order valence-corrected chi connectivity index (χ0v) is 9.48. The summed E-state index contributed by atoms with van der Waals surface area (Å²) in [5.74, 6) is -0.688. The molecule has 1 aliphatic rings. The summed E-state index contributed by atoms with van der Waals surface area (Å²) in [4.78, 5) is 0. The zero-order valence-electron chi connectivity index (χ0n) is 9.48. The minimum Gasteiger partial charge on any atom is -0.369 e. The fourth-order valence-corrected chi connectivity index (χ4v) is 2.39. The molecule has 1 fully saturated rings. The van der Waals surface area contributed by atoms with Gasteiger partial charge in [-0.2, -0.15) is 13.2 Å². The molecule has 2 N–H and O–H groups in total. The van der Waals surface area contributed by atoms with E-state index in [2.05, 4.69) is 0 Å². The number of hydrogen-bond acceptors (Lipinski definition) is 2. The molecule has 0 bridgehead atoms. The van der Waals surface area contributed by atoms with E-state index in [1.54, 1.807) is 27.7 Å². The predicted molar refractivity (Wildman–Crippen MR) is 51.4 cm³/mol. The predicted octanol–water partition coefficient (Wildman–Crippen LogP) is 2.47. The van der Waals surface area contributed by atoms with Crippen LogP contribution in [0.25, 0.3) is 0 Å². The van der Waals surface area contributed by atoms with E-state index in [1.807, 2.05) is 0 Å². The van der Waals surface area contributed by atoms with Crippen LogP contribution in [-0.4, -0.2) is 23.4 Å². The van der Waals surface area contributed by atoms with Gasteiger partial charge in [-0.15, -0.1) is 0 Å². The van der Waals surface area contributed by atoms with Gasteiger partial charge in [-0.1, -0.05) is 0 Å². The molecule has 1 saturated heterocycles. The topological polar surface area (TPSA) is 35.2 Å². The smallest absolute Gasteiger partial charge is 0.369 e. The van der Waals surface area contributed by atoms with Crippen LogP contribution < -0.4 is 5.73 Å². The molecule has 5 heteroatoms. The summed E-state index contributed by atoms with van der Waals surface area (Å²) in [5, 5.41) is 0. The molecule has 0 saturated carbocycles. The van der Waals surface area contributed by atoms with Crippen molar-refractivity contribution in [1.82, 2.24) is 0 Å². The molecule has 0 amide bonds. The highest BCUT2D eigenvalue weighted by atomic mass is 19.4. The third kappa shape index (κ3) is 2.64. The number of nitrogens with two attached hydrogens (primary N) is 1. The Morgan fingerprint density at radius 3 is 2.00 bits per heavy atom. The Bertz CT molecular complexity index is 248. The van der Waals surface area contributed by atoms with Gasteiger partial charge in [-0.3, -0.25) is 0 Å². The van der Waals surface area contributed by atoms with Crippen LogP contribution in [0.1, 0.15) is 34.1 Å². The maximum atomic E-state index is 12.5. The second-order valence-electron chi connectivity index (χ2n) is 5.34. The lowest BCUT2D eigenvalue weighted by Gasteiger charge is -2.31. The molecular formula is C10H18F3NO. The lowest BCUT2D eigenvalue weighted by Crippen LogP contribution is -2.49. The second kappa shape index (κ2) is 3.35. The standard InChI is InChI=1S/C10H18F3NO/c1-8(2)5-6(9(3,4)15-8)7(14)10(11,12)13/h6-7H,5,14H2,1-4H3. The van der Waals surface area contributed by atoms with Crippen molar-refractivity contribution in [3.63, 3.8) is 0 Å². The van der Waals surface area contributed by atoms with Crippen molar-refractivity contribution < 1.29 is 17.9 Å². The second-order valence-corrected chi connectivity index (χ2v) is 5.34. The third-order valence-corrected chi connectivity index (χ3v) is 2.96. The normalized spacial score (nSPS) is 31.6. The summed E-state index contributed by atoms with van der Waals surface area (Å²) in [6.07, 6.45) is -4.02. The lowest BCUT2D eigenvalue weighted by atomic mass is 9.82. The van der Waals surface area contributed by atoms with Gasteiger partial charge in [0.2, 0.25) is 0 Å². The van der Waals surface area contributed by atoms with Crippen molar-refractivity contribution in [3.8, 4) is 0 Å². The van der Waals surface area contributed by atoms with Crippen LogP contribution in [-0.2, 0) is 4.74 Å². The maximum Gasteiger partial charge on any atom is 0.404 e. The Balaban J connectivity index is 2.88. The molecule has 0 spiro atoms. The first kappa shape index (κ1) is 12.8. The van der Waals surface area contributed by atoms with Crippen molar-refractivity contribution in [3.05, 3.63) is 0 Å². The lowest BCUT2D eigenvalue weighted by molar-refractivity contribution is -0.171. The van der Waals surface area contributed by atoms with E-state index in [0.29, 0.717) is 6.42 Å². The Kier molecular flexibility index (Phi) is 2.85. The first-order chi connectivity index (χ1) is 6.46. The minimum atomic E-state index is -4.36. The fraction of sp³-hybridized carbons (Fsp3) is 1.00. The quantitative estimate of drug-likeness (QED) is 0.744. The highest BCUT2D eigenvalue weighted by molar-refractivity contribution is 5.00. The largest absolute Gasteiger partial charge is 0.404 e. The average Bonchev–Trinajstić information content (AvgIpc) is 2.15. The summed E-state index contributed by atoms with van der Waals surface area (Å²) in [5.41, 5.74) is 3.90. The summed E-state index contributed by atoms with van der Waals surface area (Å²) in [6, 6.07) is -1.81. The zero-order chi connectivity index (χ0) is 12.1. The van der Waals surface area contributed by atoms with Crippen LogP contribution in [0.2, 0.25) is 0 Å². The molecule has 1 heterocycles. The van der Waals surface area contributed by atoms with Crippen molar-refractivity contribution in [2.45, 2.75) is 57.5 Å². The number of ether oxygens (including phenoxy) is 1. The van der Waals surface area contributed by atoms with Gasteiger partial charge in [-0.05, 0) is 34.1 Å². The summed E-state index contributed by atoms with van der Waals surface area (Å²) >= 11 is 0. The third-order valence-electron chi connectivity index (χ3n) is 2.96. The number of hydrogen-bond donors (Lipinski definition) is 1. The summed E-state index contributed by atoms with van der Waals surface area (Å²) in [6.45, 7) is 6.91. The van der Waals surface area contributed by atoms with Crippen LogP contribution in [0.4, 0.5) is 13.2 Å². The van der Waals surface area contributed by atoms with Gasteiger partial charge in [0, 0.05) is 5.92 Å². The van der Waals surface area contributed by atoms with Crippen molar-refractivity contribution in [2.75, 3.05) is 0 Å². The van der Waals surface area contributed by atoms with Gasteiger partial charge >= 0.3 is 6.18 Å². The molecule has 15 heavy (non-hydrogen) atoms. The Morgan fingerprint density at radius 2 is 1.73 bits per heavy atom. The SMILES string of the molecule is CC1(C)CC(C(N)C(F)(F)F)C(C)(C)O1. The molecule has 0 aliphatic carbocycles. The van der Waals surface area contributed by atoms with Gasteiger partial charge in [0.25, 0.3) is 0 Å². The van der Waals surface area contributed by atoms with Crippen LogP contribution in [0.5, 0.6) is 0 Å². The molecule has 1 aliphatic heterocycles. The monoisotopic (exact) mass is 225 g/mol. The Labute approximate surface area is 88.0 Å². The van der Waals surface area contributed by atoms with Gasteiger partial charge in [-0.25, -0.2) is 0 Å². The minimum absolute atomic E-state index is 0.334. The summed E-state index contributed by atoms with van der Waals surface area (Å²) < 4.78 is 43.1. The highest BCUT2D eigenvalue weighted by Crippen LogP contribution is 2.45. The van der Waals surface area contributed by atoms with Gasteiger partial charge in [0.1, 0.15) is 6.04 Å². The van der Waals surface area contributed by atoms with E-state index in [0.717, 1.165) is 0 Å². The van der Waals surface area contributed by atoms with E-state index in [1.165, 1.54) is 0 Å². The highest BCUT2D eigenvalue weighted by Gasteiger charge is 2.55. The summed E-state index contributed by atoms with van der Waals surface area (Å²) in [7, 11) is 0. The molecule has 1 rings (SSSR count). The molecule has 2 atom stereocenters. The number of rotatable bonds is 1. The van der Waals surface area contributed by atoms with Crippen molar-refractivity contribution >= 4 is 0 Å². The van der Waals surface area contributed by atoms with Crippen LogP contribution in [0.15, 0.2) is 0 Å². The van der Waals surface area contributed by atoms with Crippen molar-refractivity contribution in [1.29, 1.82) is 0 Å². The van der Waals surface area contributed by atoms with E-state index < -0.39 is 29.3 Å². The fourth-order valence-electron chi connectivity index (χ4n) is 2.39. The molecule has 0 radical (unpaired) electrons. The molecule has 90 valence electrons. The first-order valence-corrected chi connectivity index (χ1v) is 4.98. The van der Waals surface area contributed by atoms with E-state index >= 15 is 0 Å². The maximum absolute atomic E-state index is 12.5. The number of alkyl halides is 3. The van der Waals surface area contributed by atoms with E-state index in [9.17, 15) is 13.2 Å². The average molecular weight is 225 g/mol. The first-order valence-electron chi connectivity index (χ1n) is 4.98. The van der Waals surface area contributed by atoms with Crippen molar-refractivity contribution in [2.24, 2.45) is 11.7 Å². The van der Waals surface area contributed by atoms with E-state index in [-0.39, 0.29) is 0 Å². The molecular weight excluding hydrogens is 207 g/mol.